The molecule has 1 aliphatic carbocycles. The Morgan fingerprint density at radius 2 is 1.93 bits per heavy atom. The van der Waals surface area contributed by atoms with Crippen molar-refractivity contribution in [3.63, 3.8) is 0 Å². The van der Waals surface area contributed by atoms with Gasteiger partial charge >= 0.3 is 0 Å². The van der Waals surface area contributed by atoms with E-state index in [0.717, 1.165) is 5.54 Å². The molecule has 0 aromatic carbocycles. The molecule has 1 rings (SSSR count). The fourth-order valence-corrected chi connectivity index (χ4v) is 3.55. The van der Waals surface area contributed by atoms with Gasteiger partial charge in [0.1, 0.15) is 0 Å². The molecule has 4 heteroatoms. The second kappa shape index (κ2) is 7.40. The third kappa shape index (κ3) is 4.55. The monoisotopic (exact) mass is 218 g/mol. The van der Waals surface area contributed by atoms with Gasteiger partial charge in [0.15, 0.2) is 16.1 Å². The Morgan fingerprint density at radius 1 is 1.21 bits per heavy atom. The van der Waals surface area contributed by atoms with Crippen molar-refractivity contribution in [1.82, 2.24) is 0 Å². The Balaban J connectivity index is 2.10. The topological polar surface area (TPSA) is 27.7 Å². The summed E-state index contributed by atoms with van der Waals surface area (Å²) in [6, 6.07) is 0. The van der Waals surface area contributed by atoms with Gasteiger partial charge in [0, 0.05) is 14.2 Å². The third-order valence-electron chi connectivity index (χ3n) is 2.81. The van der Waals surface area contributed by atoms with Crippen molar-refractivity contribution in [3.05, 3.63) is 0 Å². The van der Waals surface area contributed by atoms with Gasteiger partial charge in [-0.05, 0) is 5.54 Å². The number of hydrogen-bond donors (Lipinski definition) is 0. The van der Waals surface area contributed by atoms with E-state index in [1.165, 1.54) is 32.1 Å². The van der Waals surface area contributed by atoms with Gasteiger partial charge in [-0.15, -0.1) is 0 Å². The minimum absolute atomic E-state index is 0.131. The molecule has 1 fully saturated rings. The highest BCUT2D eigenvalue weighted by Gasteiger charge is 2.16. The normalized spacial score (nSPS) is 21.9. The van der Waals surface area contributed by atoms with E-state index >= 15 is 0 Å². The molecule has 0 amide bonds. The van der Waals surface area contributed by atoms with Crippen LogP contribution in [0, 0.1) is 0 Å². The van der Waals surface area contributed by atoms with Crippen molar-refractivity contribution in [3.8, 4) is 0 Å². The predicted molar refractivity (Wildman–Crippen MR) is 59.1 cm³/mol. The molecule has 0 aromatic rings. The second-order valence-electron chi connectivity index (χ2n) is 3.96. The maximum absolute atomic E-state index is 5.76. The second-order valence-corrected chi connectivity index (χ2v) is 5.78. The van der Waals surface area contributed by atoms with Crippen LogP contribution in [-0.2, 0) is 13.9 Å². The highest BCUT2D eigenvalue weighted by atomic mass is 28.2. The van der Waals surface area contributed by atoms with E-state index in [1.807, 2.05) is 0 Å². The first-order chi connectivity index (χ1) is 6.86. The molecule has 0 aliphatic heterocycles. The van der Waals surface area contributed by atoms with Gasteiger partial charge in [-0.3, -0.25) is 0 Å². The third-order valence-corrected chi connectivity index (χ3v) is 4.66. The molecule has 0 bridgehead atoms. The van der Waals surface area contributed by atoms with Gasteiger partial charge in [-0.2, -0.15) is 0 Å². The minimum Gasteiger partial charge on any atom is -0.398 e. The van der Waals surface area contributed by atoms with E-state index in [0.29, 0.717) is 6.61 Å². The number of rotatable bonds is 6. The molecule has 84 valence electrons. The predicted octanol–water partition coefficient (Wildman–Crippen LogP) is 1.46. The zero-order chi connectivity index (χ0) is 10.2. The standard InChI is InChI=1S/C10H22O3Si/c1-11-8-10(12-2)13-14-9-6-4-3-5-7-9/h9-10H,3-8,14H2,1-2H3. The van der Waals surface area contributed by atoms with Crippen molar-refractivity contribution in [2.75, 3.05) is 20.8 Å². The molecule has 0 radical (unpaired) electrons. The summed E-state index contributed by atoms with van der Waals surface area (Å²) in [4.78, 5) is 0. The summed E-state index contributed by atoms with van der Waals surface area (Å²) in [5.74, 6) is 0. The van der Waals surface area contributed by atoms with Crippen molar-refractivity contribution in [2.24, 2.45) is 0 Å². The van der Waals surface area contributed by atoms with Gasteiger partial charge in [-0.1, -0.05) is 32.1 Å². The molecule has 3 nitrogen and oxygen atoms in total. The van der Waals surface area contributed by atoms with Gasteiger partial charge in [-0.25, -0.2) is 0 Å². The van der Waals surface area contributed by atoms with Crippen LogP contribution >= 0.6 is 0 Å². The first kappa shape index (κ1) is 12.2. The van der Waals surface area contributed by atoms with Crippen molar-refractivity contribution in [2.45, 2.75) is 43.9 Å². The summed E-state index contributed by atoms with van der Waals surface area (Å²) in [6.45, 7) is 0.552. The Morgan fingerprint density at radius 3 is 2.50 bits per heavy atom. The van der Waals surface area contributed by atoms with Crippen LogP contribution in [0.1, 0.15) is 32.1 Å². The van der Waals surface area contributed by atoms with Crippen LogP contribution < -0.4 is 0 Å². The summed E-state index contributed by atoms with van der Waals surface area (Å²) < 4.78 is 15.9. The molecular formula is C10H22O3Si. The zero-order valence-electron chi connectivity index (χ0n) is 9.33. The zero-order valence-corrected chi connectivity index (χ0v) is 10.7. The summed E-state index contributed by atoms with van der Waals surface area (Å²) in [5, 5.41) is 0. The van der Waals surface area contributed by atoms with Crippen molar-refractivity contribution in [1.29, 1.82) is 0 Å². The van der Waals surface area contributed by atoms with Gasteiger partial charge in [0.2, 0.25) is 0 Å². The van der Waals surface area contributed by atoms with Crippen LogP contribution in [0.4, 0.5) is 0 Å². The van der Waals surface area contributed by atoms with Crippen molar-refractivity contribution >= 4 is 9.76 Å². The van der Waals surface area contributed by atoms with Crippen LogP contribution in [0.3, 0.4) is 0 Å². The fraction of sp³-hybridized carbons (Fsp3) is 1.00. The Bertz CT molecular complexity index is 133. The summed E-state index contributed by atoms with van der Waals surface area (Å²) in [5.41, 5.74) is 0.873. The summed E-state index contributed by atoms with van der Waals surface area (Å²) in [7, 11) is 2.94. The van der Waals surface area contributed by atoms with Gasteiger partial charge in [0.25, 0.3) is 0 Å². The molecule has 0 saturated heterocycles. The Labute approximate surface area is 89.1 Å². The molecule has 0 aromatic heterocycles. The van der Waals surface area contributed by atoms with E-state index in [9.17, 15) is 0 Å². The van der Waals surface area contributed by atoms with Crippen LogP contribution in [0.25, 0.3) is 0 Å². The van der Waals surface area contributed by atoms with E-state index < -0.39 is 9.76 Å². The molecule has 0 N–H and O–H groups in total. The lowest BCUT2D eigenvalue weighted by atomic mass is 10.0. The largest absolute Gasteiger partial charge is 0.398 e. The van der Waals surface area contributed by atoms with E-state index in [2.05, 4.69) is 0 Å². The SMILES string of the molecule is COCC(OC)O[SiH2]C1CCCCC1. The molecule has 14 heavy (non-hydrogen) atoms. The smallest absolute Gasteiger partial charge is 0.170 e. The molecule has 1 unspecified atom stereocenters. The number of ether oxygens (including phenoxy) is 2. The molecular weight excluding hydrogens is 196 g/mol. The Hall–Kier alpha value is 0.0969. The molecule has 1 aliphatic rings. The van der Waals surface area contributed by atoms with Crippen LogP contribution in [0.5, 0.6) is 0 Å². The van der Waals surface area contributed by atoms with E-state index in [4.69, 9.17) is 13.9 Å². The highest BCUT2D eigenvalue weighted by molar-refractivity contribution is 6.29. The first-order valence-electron chi connectivity index (χ1n) is 5.50. The number of methoxy groups -OCH3 is 2. The lowest BCUT2D eigenvalue weighted by Gasteiger charge is -2.23. The molecule has 0 heterocycles. The molecule has 0 spiro atoms. The fourth-order valence-electron chi connectivity index (χ4n) is 1.92. The lowest BCUT2D eigenvalue weighted by Crippen LogP contribution is -2.25. The maximum Gasteiger partial charge on any atom is 0.170 e. The highest BCUT2D eigenvalue weighted by Crippen LogP contribution is 2.27. The van der Waals surface area contributed by atoms with Crippen LogP contribution in [-0.4, -0.2) is 36.9 Å². The Kier molecular flexibility index (Phi) is 6.43. The van der Waals surface area contributed by atoms with E-state index in [-0.39, 0.29) is 6.29 Å². The van der Waals surface area contributed by atoms with Crippen LogP contribution in [0.2, 0.25) is 5.54 Å². The number of hydrogen-bond acceptors (Lipinski definition) is 3. The average molecular weight is 218 g/mol. The summed E-state index contributed by atoms with van der Waals surface area (Å²) in [6.07, 6.45) is 6.81. The average Bonchev–Trinajstić information content (AvgIpc) is 2.25. The molecule has 1 atom stereocenters. The lowest BCUT2D eigenvalue weighted by molar-refractivity contribution is -0.0938. The first-order valence-corrected chi connectivity index (χ1v) is 6.89. The molecule has 1 saturated carbocycles. The van der Waals surface area contributed by atoms with E-state index in [1.54, 1.807) is 14.2 Å². The van der Waals surface area contributed by atoms with Gasteiger partial charge < -0.3 is 13.9 Å². The van der Waals surface area contributed by atoms with Crippen LogP contribution in [0.15, 0.2) is 0 Å². The maximum atomic E-state index is 5.76. The van der Waals surface area contributed by atoms with Gasteiger partial charge in [0.05, 0.1) is 6.61 Å². The quantitative estimate of drug-likeness (QED) is 0.499. The minimum atomic E-state index is -0.418. The van der Waals surface area contributed by atoms with Crippen molar-refractivity contribution < 1.29 is 13.9 Å². The summed E-state index contributed by atoms with van der Waals surface area (Å²) >= 11 is 0.